The van der Waals surface area contributed by atoms with Crippen molar-refractivity contribution in [2.24, 2.45) is 0 Å². The smallest absolute Gasteiger partial charge is 0.318 e. The van der Waals surface area contributed by atoms with Gasteiger partial charge in [0.15, 0.2) is 0 Å². The van der Waals surface area contributed by atoms with E-state index in [2.05, 4.69) is 27.5 Å². The average Bonchev–Trinajstić information content (AvgIpc) is 3.29. The molecule has 9 heteroatoms. The largest absolute Gasteiger partial charge is 0.462 e. The second kappa shape index (κ2) is 10.5. The summed E-state index contributed by atoms with van der Waals surface area (Å²) in [7, 11) is 4.06. The highest BCUT2D eigenvalue weighted by Crippen LogP contribution is 2.37. The van der Waals surface area contributed by atoms with Crippen LogP contribution in [0.25, 0.3) is 10.8 Å². The zero-order valence-corrected chi connectivity index (χ0v) is 21.0. The van der Waals surface area contributed by atoms with Gasteiger partial charge in [0.25, 0.3) is 0 Å². The average molecular weight is 499 g/mol. The van der Waals surface area contributed by atoms with E-state index in [0.29, 0.717) is 25.2 Å². The number of anilines is 2. The molecule has 0 aliphatic carbocycles. The van der Waals surface area contributed by atoms with Crippen LogP contribution < -0.4 is 20.3 Å². The minimum atomic E-state index is -0.407. The van der Waals surface area contributed by atoms with Gasteiger partial charge in [-0.15, -0.1) is 0 Å². The van der Waals surface area contributed by atoms with Gasteiger partial charge in [0, 0.05) is 42.3 Å². The number of fused-ring (bicyclic) bond motifs is 2. The molecule has 3 heterocycles. The molecule has 0 saturated carbocycles. The first-order valence-electron chi connectivity index (χ1n) is 12.3. The Kier molecular flexibility index (Phi) is 7.22. The maximum atomic E-state index is 14.3. The van der Waals surface area contributed by atoms with E-state index in [0.717, 1.165) is 72.6 Å². The SMILES string of the molecule is CNCCNc1nc(OC[C@@H]2CCCN2C)nc2c1CCN(c1cccc3ccc(F)c(Cl)c13)C2. The molecule has 35 heavy (non-hydrogen) atoms. The fourth-order valence-corrected chi connectivity index (χ4v) is 5.31. The number of benzene rings is 2. The number of likely N-dealkylation sites (tertiary alicyclic amines) is 1. The Morgan fingerprint density at radius 3 is 2.86 bits per heavy atom. The molecule has 1 fully saturated rings. The highest BCUT2D eigenvalue weighted by molar-refractivity contribution is 6.36. The van der Waals surface area contributed by atoms with Gasteiger partial charge in [-0.05, 0) is 57.4 Å². The number of halogens is 2. The van der Waals surface area contributed by atoms with Crippen molar-refractivity contribution in [2.45, 2.75) is 31.8 Å². The fourth-order valence-electron chi connectivity index (χ4n) is 5.05. The molecule has 7 nitrogen and oxygen atoms in total. The molecule has 186 valence electrons. The number of ether oxygens (including phenoxy) is 1. The minimum absolute atomic E-state index is 0.158. The summed E-state index contributed by atoms with van der Waals surface area (Å²) >= 11 is 6.42. The van der Waals surface area contributed by atoms with Gasteiger partial charge in [0.05, 0.1) is 17.3 Å². The van der Waals surface area contributed by atoms with Crippen LogP contribution in [0.4, 0.5) is 15.9 Å². The summed E-state index contributed by atoms with van der Waals surface area (Å²) in [6.07, 6.45) is 3.09. The molecule has 3 aromatic rings. The van der Waals surface area contributed by atoms with Gasteiger partial charge in [0.2, 0.25) is 0 Å². The second-order valence-corrected chi connectivity index (χ2v) is 9.68. The van der Waals surface area contributed by atoms with Crippen molar-refractivity contribution in [3.63, 3.8) is 0 Å². The van der Waals surface area contributed by atoms with E-state index in [1.165, 1.54) is 12.5 Å². The number of nitrogens with one attached hydrogen (secondary N) is 2. The predicted octanol–water partition coefficient (Wildman–Crippen LogP) is 4.09. The van der Waals surface area contributed by atoms with Gasteiger partial charge in [0.1, 0.15) is 18.2 Å². The van der Waals surface area contributed by atoms with Crippen molar-refractivity contribution >= 4 is 33.9 Å². The predicted molar refractivity (Wildman–Crippen MR) is 139 cm³/mol. The lowest BCUT2D eigenvalue weighted by Crippen LogP contribution is -2.33. The van der Waals surface area contributed by atoms with Crippen LogP contribution in [0.1, 0.15) is 24.1 Å². The molecule has 2 aromatic carbocycles. The Labute approximate surface area is 210 Å². The summed E-state index contributed by atoms with van der Waals surface area (Å²) in [6, 6.07) is 9.93. The lowest BCUT2D eigenvalue weighted by molar-refractivity contribution is 0.187. The maximum absolute atomic E-state index is 14.3. The van der Waals surface area contributed by atoms with E-state index in [1.807, 2.05) is 25.2 Å². The summed E-state index contributed by atoms with van der Waals surface area (Å²) < 4.78 is 20.4. The van der Waals surface area contributed by atoms with Crippen molar-refractivity contribution in [3.05, 3.63) is 52.4 Å². The summed E-state index contributed by atoms with van der Waals surface area (Å²) in [5.74, 6) is 0.427. The topological polar surface area (TPSA) is 65.6 Å². The number of hydrogen-bond acceptors (Lipinski definition) is 7. The van der Waals surface area contributed by atoms with Gasteiger partial charge < -0.3 is 25.2 Å². The first-order valence-corrected chi connectivity index (χ1v) is 12.7. The van der Waals surface area contributed by atoms with Gasteiger partial charge in [-0.1, -0.05) is 29.8 Å². The van der Waals surface area contributed by atoms with Gasteiger partial charge in [-0.25, -0.2) is 4.39 Å². The van der Waals surface area contributed by atoms with Crippen LogP contribution in [0.2, 0.25) is 5.02 Å². The number of rotatable bonds is 8. The van der Waals surface area contributed by atoms with Crippen LogP contribution in [0.15, 0.2) is 30.3 Å². The van der Waals surface area contributed by atoms with Crippen LogP contribution in [0.3, 0.4) is 0 Å². The number of nitrogens with zero attached hydrogens (tertiary/aromatic N) is 4. The minimum Gasteiger partial charge on any atom is -0.462 e. The van der Waals surface area contributed by atoms with Gasteiger partial charge in [-0.2, -0.15) is 9.97 Å². The molecule has 0 amide bonds. The maximum Gasteiger partial charge on any atom is 0.318 e. The van der Waals surface area contributed by atoms with Crippen molar-refractivity contribution in [1.82, 2.24) is 20.2 Å². The van der Waals surface area contributed by atoms with Gasteiger partial charge in [-0.3, -0.25) is 0 Å². The number of aromatic nitrogens is 2. The quantitative estimate of drug-likeness (QED) is 0.453. The molecule has 2 N–H and O–H groups in total. The first kappa shape index (κ1) is 24.0. The molecule has 2 aliphatic heterocycles. The monoisotopic (exact) mass is 498 g/mol. The zero-order valence-electron chi connectivity index (χ0n) is 20.3. The summed E-state index contributed by atoms with van der Waals surface area (Å²) in [5, 5.41) is 8.43. The van der Waals surface area contributed by atoms with E-state index in [9.17, 15) is 4.39 Å². The second-order valence-electron chi connectivity index (χ2n) is 9.31. The molecule has 1 aromatic heterocycles. The molecule has 5 rings (SSSR count). The third kappa shape index (κ3) is 5.01. The Morgan fingerprint density at radius 2 is 2.06 bits per heavy atom. The van der Waals surface area contributed by atoms with Crippen molar-refractivity contribution < 1.29 is 9.13 Å². The van der Waals surface area contributed by atoms with Crippen molar-refractivity contribution in [1.29, 1.82) is 0 Å². The highest BCUT2D eigenvalue weighted by Gasteiger charge is 2.26. The molecule has 0 unspecified atom stereocenters. The van der Waals surface area contributed by atoms with E-state index in [1.54, 1.807) is 6.07 Å². The summed E-state index contributed by atoms with van der Waals surface area (Å²) in [6.45, 7) is 4.59. The van der Waals surface area contributed by atoms with E-state index in [4.69, 9.17) is 26.3 Å². The number of likely N-dealkylation sites (N-methyl/N-ethyl adjacent to an activating group) is 2. The number of hydrogen-bond donors (Lipinski definition) is 2. The first-order chi connectivity index (χ1) is 17.0. The van der Waals surface area contributed by atoms with E-state index < -0.39 is 5.82 Å². The molecule has 0 radical (unpaired) electrons. The normalized spacial score (nSPS) is 18.2. The summed E-state index contributed by atoms with van der Waals surface area (Å²) in [5.41, 5.74) is 2.95. The molecule has 1 saturated heterocycles. The van der Waals surface area contributed by atoms with Crippen LogP contribution in [-0.2, 0) is 13.0 Å². The van der Waals surface area contributed by atoms with Gasteiger partial charge >= 0.3 is 6.01 Å². The van der Waals surface area contributed by atoms with Crippen LogP contribution in [-0.4, -0.2) is 67.8 Å². The Bertz CT molecular complexity index is 1210. The Balaban J connectivity index is 1.45. The van der Waals surface area contributed by atoms with Crippen molar-refractivity contribution in [2.75, 3.05) is 57.1 Å². The highest BCUT2D eigenvalue weighted by atomic mass is 35.5. The standard InChI is InChI=1S/C26H32ClFN6O/c1-29-11-12-30-25-19-10-14-34(22-7-3-5-17-8-9-20(28)24(27)23(17)22)15-21(19)31-26(32-25)35-16-18-6-4-13-33(18)2/h3,5,7-9,18,29H,4,6,10-16H2,1-2H3,(H,30,31,32)/t18-/m0/s1. The lowest BCUT2D eigenvalue weighted by atomic mass is 10.0. The molecule has 0 bridgehead atoms. The van der Waals surface area contributed by atoms with E-state index in [-0.39, 0.29) is 5.02 Å². The zero-order chi connectivity index (χ0) is 24.4. The molecule has 0 spiro atoms. The molecular weight excluding hydrogens is 467 g/mol. The Hall–Kier alpha value is -2.68. The molecular formula is C26H32ClFN6O. The molecule has 1 atom stereocenters. The van der Waals surface area contributed by atoms with Crippen LogP contribution in [0.5, 0.6) is 6.01 Å². The van der Waals surface area contributed by atoms with Crippen molar-refractivity contribution in [3.8, 4) is 6.01 Å². The van der Waals surface area contributed by atoms with Crippen LogP contribution in [0, 0.1) is 5.82 Å². The third-order valence-electron chi connectivity index (χ3n) is 7.04. The fraction of sp³-hybridized carbons (Fsp3) is 0.462. The van der Waals surface area contributed by atoms with E-state index >= 15 is 0 Å². The Morgan fingerprint density at radius 1 is 1.17 bits per heavy atom. The lowest BCUT2D eigenvalue weighted by Gasteiger charge is -2.32. The summed E-state index contributed by atoms with van der Waals surface area (Å²) in [4.78, 5) is 14.1. The van der Waals surface area contributed by atoms with Crippen LogP contribution >= 0.6 is 11.6 Å². The molecule has 2 aliphatic rings. The third-order valence-corrected chi connectivity index (χ3v) is 7.41.